The third-order valence-corrected chi connectivity index (χ3v) is 3.37. The molecule has 1 aromatic carbocycles. The number of ether oxygens (including phenoxy) is 2. The first-order valence-electron chi connectivity index (χ1n) is 7.78. The second-order valence-corrected chi connectivity index (χ2v) is 6.65. The number of amides is 1. The van der Waals surface area contributed by atoms with Crippen LogP contribution in [0.4, 0.5) is 13.6 Å². The van der Waals surface area contributed by atoms with Crippen molar-refractivity contribution in [2.45, 2.75) is 46.3 Å². The predicted octanol–water partition coefficient (Wildman–Crippen LogP) is 3.78. The molecule has 144 valence electrons. The summed E-state index contributed by atoms with van der Waals surface area (Å²) >= 11 is 5.79. The van der Waals surface area contributed by atoms with Gasteiger partial charge in [-0.1, -0.05) is 11.6 Å². The molecule has 0 radical (unpaired) electrons. The average molecular weight is 392 g/mol. The minimum Gasteiger partial charge on any atom is -0.466 e. The van der Waals surface area contributed by atoms with Crippen LogP contribution in [0.2, 0.25) is 5.02 Å². The Bertz CT molecular complexity index is 716. The molecule has 0 spiro atoms. The Kier molecular flexibility index (Phi) is 7.50. The molecule has 1 N–H and O–H groups in total. The zero-order valence-electron chi connectivity index (χ0n) is 14.9. The molecule has 26 heavy (non-hydrogen) atoms. The largest absolute Gasteiger partial charge is 0.466 e. The van der Waals surface area contributed by atoms with Gasteiger partial charge in [0.2, 0.25) is 0 Å². The number of benzene rings is 1. The molecule has 0 heterocycles. The van der Waals surface area contributed by atoms with Gasteiger partial charge in [-0.15, -0.1) is 0 Å². The zero-order valence-corrected chi connectivity index (χ0v) is 15.6. The number of nitrogens with one attached hydrogen (secondary N) is 1. The van der Waals surface area contributed by atoms with E-state index in [-0.39, 0.29) is 12.2 Å². The third kappa shape index (κ3) is 6.25. The lowest BCUT2D eigenvalue weighted by atomic mass is 10.0. The van der Waals surface area contributed by atoms with Gasteiger partial charge < -0.3 is 14.8 Å². The lowest BCUT2D eigenvalue weighted by Gasteiger charge is -2.20. The Labute approximate surface area is 154 Å². The van der Waals surface area contributed by atoms with E-state index in [0.717, 1.165) is 0 Å². The van der Waals surface area contributed by atoms with Crippen LogP contribution < -0.4 is 5.32 Å². The molecule has 9 heteroatoms. The molecular weight excluding hydrogens is 372 g/mol. The summed E-state index contributed by atoms with van der Waals surface area (Å²) in [5.41, 5.74) is -1.77. The molecular formula is C17H20ClF2NO5. The average Bonchev–Trinajstić information content (AvgIpc) is 2.49. The molecule has 1 rings (SSSR count). The van der Waals surface area contributed by atoms with Gasteiger partial charge in [0.15, 0.2) is 11.6 Å². The quantitative estimate of drug-likeness (QED) is 0.345. The van der Waals surface area contributed by atoms with E-state index in [1.807, 2.05) is 0 Å². The van der Waals surface area contributed by atoms with Crippen molar-refractivity contribution in [1.82, 2.24) is 5.32 Å². The Hall–Kier alpha value is -2.22. The summed E-state index contributed by atoms with van der Waals surface area (Å²) in [6.07, 6.45) is -1.58. The van der Waals surface area contributed by atoms with Crippen LogP contribution in [0.15, 0.2) is 6.07 Å². The molecule has 0 aliphatic carbocycles. The Morgan fingerprint density at radius 1 is 1.23 bits per heavy atom. The highest BCUT2D eigenvalue weighted by Gasteiger charge is 2.24. The van der Waals surface area contributed by atoms with Crippen LogP contribution in [-0.2, 0) is 20.8 Å². The lowest BCUT2D eigenvalue weighted by Crippen LogP contribution is -2.32. The van der Waals surface area contributed by atoms with Gasteiger partial charge in [-0.25, -0.2) is 13.6 Å². The van der Waals surface area contributed by atoms with Gasteiger partial charge in [0.1, 0.15) is 17.8 Å². The number of Topliss-reactive ketones (excluding diaryl/α,β-unsaturated/α-hetero) is 1. The fraction of sp³-hybridized carbons (Fsp3) is 0.471. The number of alkyl carbamates (subject to hydrolysis) is 1. The first kappa shape index (κ1) is 21.8. The molecule has 0 aromatic heterocycles. The third-order valence-electron chi connectivity index (χ3n) is 2.97. The summed E-state index contributed by atoms with van der Waals surface area (Å²) in [4.78, 5) is 34.8. The van der Waals surface area contributed by atoms with Crippen molar-refractivity contribution in [1.29, 1.82) is 0 Å². The summed E-state index contributed by atoms with van der Waals surface area (Å²) < 4.78 is 38.1. The van der Waals surface area contributed by atoms with Crippen LogP contribution >= 0.6 is 11.6 Å². The van der Waals surface area contributed by atoms with Crippen LogP contribution in [0.1, 0.15) is 50.0 Å². The van der Waals surface area contributed by atoms with Crippen molar-refractivity contribution in [3.63, 3.8) is 0 Å². The molecule has 6 nitrogen and oxygen atoms in total. The monoisotopic (exact) mass is 391 g/mol. The highest BCUT2D eigenvalue weighted by molar-refractivity contribution is 6.32. The highest BCUT2D eigenvalue weighted by Crippen LogP contribution is 2.27. The first-order valence-corrected chi connectivity index (χ1v) is 8.16. The van der Waals surface area contributed by atoms with E-state index in [2.05, 4.69) is 10.1 Å². The Morgan fingerprint density at radius 3 is 2.38 bits per heavy atom. The van der Waals surface area contributed by atoms with E-state index in [4.69, 9.17) is 16.3 Å². The second-order valence-electron chi connectivity index (χ2n) is 6.27. The molecule has 0 aliphatic rings. The van der Waals surface area contributed by atoms with Gasteiger partial charge in [-0.2, -0.15) is 0 Å². The number of rotatable bonds is 6. The van der Waals surface area contributed by atoms with Crippen LogP contribution in [0.3, 0.4) is 0 Å². The fourth-order valence-corrected chi connectivity index (χ4v) is 2.17. The van der Waals surface area contributed by atoms with Crippen molar-refractivity contribution in [2.75, 3.05) is 6.61 Å². The summed E-state index contributed by atoms with van der Waals surface area (Å²) in [5.74, 6) is -4.00. The normalized spacial score (nSPS) is 11.0. The van der Waals surface area contributed by atoms with E-state index in [1.54, 1.807) is 27.7 Å². The molecule has 1 amide bonds. The molecule has 0 aliphatic heterocycles. The van der Waals surface area contributed by atoms with Crippen LogP contribution in [-0.4, -0.2) is 30.1 Å². The van der Waals surface area contributed by atoms with Gasteiger partial charge in [0.25, 0.3) is 0 Å². The SMILES string of the molecule is CCOC(=O)CC(=O)c1cc(F)c(CNC(=O)OC(C)(C)C)c(Cl)c1F. The smallest absolute Gasteiger partial charge is 0.407 e. The number of carbonyl (C=O) groups excluding carboxylic acids is 3. The van der Waals surface area contributed by atoms with Crippen molar-refractivity contribution >= 4 is 29.4 Å². The van der Waals surface area contributed by atoms with Crippen LogP contribution in [0.5, 0.6) is 0 Å². The molecule has 0 unspecified atom stereocenters. The molecule has 0 saturated carbocycles. The minimum absolute atomic E-state index is 0.0545. The molecule has 0 atom stereocenters. The zero-order chi connectivity index (χ0) is 20.1. The van der Waals surface area contributed by atoms with E-state index in [0.29, 0.717) is 6.07 Å². The number of esters is 1. The second kappa shape index (κ2) is 8.93. The van der Waals surface area contributed by atoms with Crippen molar-refractivity contribution in [2.24, 2.45) is 0 Å². The van der Waals surface area contributed by atoms with Gasteiger partial charge in [-0.05, 0) is 33.8 Å². The van der Waals surface area contributed by atoms with Gasteiger partial charge >= 0.3 is 12.1 Å². The highest BCUT2D eigenvalue weighted by atomic mass is 35.5. The summed E-state index contributed by atoms with van der Waals surface area (Å²) in [5, 5.41) is 1.59. The van der Waals surface area contributed by atoms with E-state index < -0.39 is 58.6 Å². The molecule has 0 bridgehead atoms. The van der Waals surface area contributed by atoms with Crippen molar-refractivity contribution in [3.8, 4) is 0 Å². The Morgan fingerprint density at radius 2 is 1.85 bits per heavy atom. The molecule has 1 aromatic rings. The first-order chi connectivity index (χ1) is 12.0. The number of hydrogen-bond donors (Lipinski definition) is 1. The number of ketones is 1. The summed E-state index contributed by atoms with van der Waals surface area (Å²) in [6, 6.07) is 0.634. The van der Waals surface area contributed by atoms with Gasteiger partial charge in [0.05, 0.1) is 23.7 Å². The number of halogens is 3. The predicted molar refractivity (Wildman–Crippen MR) is 90.0 cm³/mol. The topological polar surface area (TPSA) is 81.7 Å². The number of hydrogen-bond acceptors (Lipinski definition) is 5. The maximum Gasteiger partial charge on any atom is 0.407 e. The summed E-state index contributed by atoms with van der Waals surface area (Å²) in [6.45, 7) is 6.09. The van der Waals surface area contributed by atoms with Gasteiger partial charge in [-0.3, -0.25) is 9.59 Å². The number of carbonyl (C=O) groups is 3. The molecule has 0 fully saturated rings. The van der Waals surface area contributed by atoms with E-state index in [9.17, 15) is 23.2 Å². The fourth-order valence-electron chi connectivity index (χ4n) is 1.91. The Balaban J connectivity index is 2.95. The van der Waals surface area contributed by atoms with Crippen molar-refractivity contribution < 1.29 is 32.6 Å². The van der Waals surface area contributed by atoms with E-state index >= 15 is 0 Å². The minimum atomic E-state index is -1.18. The summed E-state index contributed by atoms with van der Waals surface area (Å²) in [7, 11) is 0. The maximum absolute atomic E-state index is 14.3. The van der Waals surface area contributed by atoms with E-state index in [1.165, 1.54) is 0 Å². The lowest BCUT2D eigenvalue weighted by molar-refractivity contribution is -0.141. The standard InChI is InChI=1S/C17H20ClF2NO5/c1-5-25-13(23)7-12(22)9-6-11(19)10(14(18)15(9)20)8-21-16(24)26-17(2,3)4/h6H,5,7-8H2,1-4H3,(H,21,24). The van der Waals surface area contributed by atoms with Gasteiger partial charge in [0, 0.05) is 5.56 Å². The van der Waals surface area contributed by atoms with Crippen LogP contribution in [0, 0.1) is 11.6 Å². The van der Waals surface area contributed by atoms with Crippen LogP contribution in [0.25, 0.3) is 0 Å². The maximum atomic E-state index is 14.3. The van der Waals surface area contributed by atoms with Crippen molar-refractivity contribution in [3.05, 3.63) is 33.9 Å². The molecule has 0 saturated heterocycles.